The second-order valence-corrected chi connectivity index (χ2v) is 7.82. The Hall–Kier alpha value is -1.95. The molecule has 1 aliphatic rings. The molecule has 1 N–H and O–H groups in total. The lowest BCUT2D eigenvalue weighted by Crippen LogP contribution is -2.46. The molecule has 0 spiro atoms. The largest absolute Gasteiger partial charge is 0.493 e. The van der Waals surface area contributed by atoms with Crippen molar-refractivity contribution in [3.8, 4) is 11.5 Å². The van der Waals surface area contributed by atoms with Gasteiger partial charge in [-0.3, -0.25) is 9.69 Å². The fourth-order valence-corrected chi connectivity index (χ4v) is 4.22. The number of aliphatic carboxylic acids is 1. The van der Waals surface area contributed by atoms with Crippen LogP contribution in [-0.2, 0) is 4.79 Å². The van der Waals surface area contributed by atoms with E-state index < -0.39 is 12.0 Å². The van der Waals surface area contributed by atoms with Crippen LogP contribution in [0.15, 0.2) is 36.4 Å². The smallest absolute Gasteiger partial charge is 0.320 e. The molecule has 1 aliphatic heterocycles. The predicted molar refractivity (Wildman–Crippen MR) is 114 cm³/mol. The van der Waals surface area contributed by atoms with E-state index in [4.69, 9.17) is 32.7 Å². The lowest BCUT2D eigenvalue weighted by molar-refractivity contribution is -0.145. The summed E-state index contributed by atoms with van der Waals surface area (Å²) < 4.78 is 11.2. The van der Waals surface area contributed by atoms with E-state index in [0.29, 0.717) is 41.1 Å². The minimum absolute atomic E-state index is 0.296. The number of carbonyl (C=O) groups is 1. The summed E-state index contributed by atoms with van der Waals surface area (Å²) in [5.74, 6) is 0.450. The van der Waals surface area contributed by atoms with Crippen LogP contribution < -0.4 is 9.47 Å². The van der Waals surface area contributed by atoms with Crippen LogP contribution in [0.4, 0.5) is 0 Å². The van der Waals surface area contributed by atoms with Gasteiger partial charge in [-0.2, -0.15) is 0 Å². The number of carboxylic acid groups (broad SMARTS) is 1. The van der Waals surface area contributed by atoms with Gasteiger partial charge in [-0.1, -0.05) is 41.8 Å². The van der Waals surface area contributed by atoms with E-state index in [1.807, 2.05) is 42.2 Å². The maximum atomic E-state index is 12.0. The van der Waals surface area contributed by atoms with Crippen LogP contribution >= 0.6 is 23.2 Å². The summed E-state index contributed by atoms with van der Waals surface area (Å²) in [4.78, 5) is 14.0. The van der Waals surface area contributed by atoms with Crippen LogP contribution in [0.1, 0.15) is 43.4 Å². The van der Waals surface area contributed by atoms with Crippen LogP contribution in [-0.4, -0.2) is 42.3 Å². The van der Waals surface area contributed by atoms with Crippen LogP contribution in [0.25, 0.3) is 0 Å². The van der Waals surface area contributed by atoms with E-state index in [9.17, 15) is 9.90 Å². The summed E-state index contributed by atoms with van der Waals surface area (Å²) in [6.45, 7) is 3.12. The van der Waals surface area contributed by atoms with E-state index in [-0.39, 0.29) is 6.04 Å². The summed E-state index contributed by atoms with van der Waals surface area (Å²) in [5.41, 5.74) is 1.80. The molecule has 7 heteroatoms. The highest BCUT2D eigenvalue weighted by Crippen LogP contribution is 2.39. The zero-order valence-electron chi connectivity index (χ0n) is 16.5. The number of piperidine rings is 1. The van der Waals surface area contributed by atoms with Gasteiger partial charge in [-0.15, -0.1) is 0 Å². The van der Waals surface area contributed by atoms with E-state index in [2.05, 4.69) is 0 Å². The molecule has 5 nitrogen and oxygen atoms in total. The fraction of sp³-hybridized carbons (Fsp3) is 0.409. The van der Waals surface area contributed by atoms with Gasteiger partial charge in [0.1, 0.15) is 6.04 Å². The van der Waals surface area contributed by atoms with Gasteiger partial charge in [0, 0.05) is 0 Å². The normalized spacial score (nSPS) is 18.3. The van der Waals surface area contributed by atoms with Gasteiger partial charge in [0.15, 0.2) is 11.5 Å². The number of rotatable bonds is 7. The van der Waals surface area contributed by atoms with Gasteiger partial charge in [-0.05, 0) is 61.7 Å². The molecule has 0 aromatic heterocycles. The number of methoxy groups -OCH3 is 1. The molecule has 2 aromatic carbocycles. The number of halogens is 2. The summed E-state index contributed by atoms with van der Waals surface area (Å²) in [7, 11) is 1.59. The third-order valence-electron chi connectivity index (χ3n) is 5.22. The highest BCUT2D eigenvalue weighted by Gasteiger charge is 2.35. The van der Waals surface area contributed by atoms with Gasteiger partial charge < -0.3 is 14.6 Å². The predicted octanol–water partition coefficient (Wildman–Crippen LogP) is 5.43. The lowest BCUT2D eigenvalue weighted by Gasteiger charge is -2.39. The molecule has 0 amide bonds. The second kappa shape index (κ2) is 9.70. The van der Waals surface area contributed by atoms with Gasteiger partial charge in [-0.25, -0.2) is 0 Å². The molecular weight excluding hydrogens is 413 g/mol. The molecule has 156 valence electrons. The number of hydrogen-bond acceptors (Lipinski definition) is 4. The fourth-order valence-electron chi connectivity index (χ4n) is 3.91. The van der Waals surface area contributed by atoms with Crippen LogP contribution in [0.2, 0.25) is 10.0 Å². The Bertz CT molecular complexity index is 874. The summed E-state index contributed by atoms with van der Waals surface area (Å²) in [6, 6.07) is 10.3. The minimum atomic E-state index is -0.812. The molecular formula is C22H25Cl2NO4. The first kappa shape index (κ1) is 21.8. The summed E-state index contributed by atoms with van der Waals surface area (Å²) in [6.07, 6.45) is 2.45. The first-order chi connectivity index (χ1) is 14.0. The first-order valence-corrected chi connectivity index (χ1v) is 10.5. The zero-order valence-corrected chi connectivity index (χ0v) is 18.0. The third kappa shape index (κ3) is 4.80. The van der Waals surface area contributed by atoms with Crippen molar-refractivity contribution in [3.05, 3.63) is 57.6 Å². The number of benzene rings is 2. The molecule has 1 saturated heterocycles. The molecule has 2 atom stereocenters. The third-order valence-corrected chi connectivity index (χ3v) is 5.96. The Kier molecular flexibility index (Phi) is 7.28. The summed E-state index contributed by atoms with van der Waals surface area (Å²) in [5, 5.41) is 10.7. The minimum Gasteiger partial charge on any atom is -0.493 e. The van der Waals surface area contributed by atoms with Crippen molar-refractivity contribution in [1.82, 2.24) is 4.90 Å². The molecule has 1 fully saturated rings. The van der Waals surface area contributed by atoms with E-state index in [0.717, 1.165) is 24.0 Å². The molecule has 0 radical (unpaired) electrons. The number of carboxylic acids is 1. The molecule has 29 heavy (non-hydrogen) atoms. The number of likely N-dealkylation sites (tertiary alicyclic amines) is 1. The van der Waals surface area contributed by atoms with Gasteiger partial charge in [0.2, 0.25) is 0 Å². The van der Waals surface area contributed by atoms with Crippen molar-refractivity contribution >= 4 is 29.2 Å². The molecule has 3 rings (SSSR count). The van der Waals surface area contributed by atoms with Crippen molar-refractivity contribution in [3.63, 3.8) is 0 Å². The number of nitrogens with zero attached hydrogens (tertiary/aromatic N) is 1. The van der Waals surface area contributed by atoms with E-state index >= 15 is 0 Å². The van der Waals surface area contributed by atoms with Crippen molar-refractivity contribution in [1.29, 1.82) is 0 Å². The summed E-state index contributed by atoms with van der Waals surface area (Å²) >= 11 is 12.4. The SMILES string of the molecule is CCOc1ccc(C(c2ccc(Cl)c(Cl)c2)N2CCCCC2C(=O)O)cc1OC. The van der Waals surface area contributed by atoms with Crippen molar-refractivity contribution in [2.45, 2.75) is 38.3 Å². The van der Waals surface area contributed by atoms with E-state index in [1.165, 1.54) is 0 Å². The van der Waals surface area contributed by atoms with Crippen LogP contribution in [0.5, 0.6) is 11.5 Å². The second-order valence-electron chi connectivity index (χ2n) is 7.01. The average Bonchev–Trinajstić information content (AvgIpc) is 2.72. The molecule has 0 aliphatic carbocycles. The van der Waals surface area contributed by atoms with Crippen molar-refractivity contribution in [2.24, 2.45) is 0 Å². The van der Waals surface area contributed by atoms with Gasteiger partial charge in [0.25, 0.3) is 0 Å². The van der Waals surface area contributed by atoms with Crippen molar-refractivity contribution in [2.75, 3.05) is 20.3 Å². The molecule has 1 heterocycles. The average molecular weight is 438 g/mol. The monoisotopic (exact) mass is 437 g/mol. The quantitative estimate of drug-likeness (QED) is 0.625. The Balaban J connectivity index is 2.12. The number of hydrogen-bond donors (Lipinski definition) is 1. The van der Waals surface area contributed by atoms with E-state index in [1.54, 1.807) is 13.2 Å². The lowest BCUT2D eigenvalue weighted by atomic mass is 9.91. The highest BCUT2D eigenvalue weighted by atomic mass is 35.5. The first-order valence-electron chi connectivity index (χ1n) is 9.70. The standard InChI is InChI=1S/C22H25Cl2NO4/c1-3-29-19-10-8-15(13-20(19)28-2)21(14-7-9-16(23)17(24)12-14)25-11-5-4-6-18(25)22(26)27/h7-10,12-13,18,21H,3-6,11H2,1-2H3,(H,26,27). The Morgan fingerprint density at radius 3 is 2.52 bits per heavy atom. The zero-order chi connectivity index (χ0) is 21.0. The highest BCUT2D eigenvalue weighted by molar-refractivity contribution is 6.42. The molecule has 2 unspecified atom stereocenters. The van der Waals surface area contributed by atoms with Crippen LogP contribution in [0.3, 0.4) is 0 Å². The Morgan fingerprint density at radius 1 is 1.14 bits per heavy atom. The maximum Gasteiger partial charge on any atom is 0.320 e. The Labute approximate surface area is 181 Å². The maximum absolute atomic E-state index is 12.0. The number of ether oxygens (including phenoxy) is 2. The topological polar surface area (TPSA) is 59.0 Å². The Morgan fingerprint density at radius 2 is 1.86 bits per heavy atom. The van der Waals surface area contributed by atoms with Gasteiger partial charge >= 0.3 is 5.97 Å². The van der Waals surface area contributed by atoms with Gasteiger partial charge in [0.05, 0.1) is 29.8 Å². The van der Waals surface area contributed by atoms with Crippen molar-refractivity contribution < 1.29 is 19.4 Å². The molecule has 0 bridgehead atoms. The van der Waals surface area contributed by atoms with Crippen LogP contribution in [0, 0.1) is 0 Å². The molecule has 2 aromatic rings. The molecule has 0 saturated carbocycles.